The number of pyridine rings is 2. The lowest BCUT2D eigenvalue weighted by Crippen LogP contribution is -2.31. The van der Waals surface area contributed by atoms with E-state index in [1.807, 2.05) is 55.6 Å². The molecule has 0 bridgehead atoms. The van der Waals surface area contributed by atoms with Crippen molar-refractivity contribution in [3.05, 3.63) is 84.7 Å². The van der Waals surface area contributed by atoms with Gasteiger partial charge in [0.15, 0.2) is 0 Å². The number of carbonyl (C=O) groups is 2. The molecule has 168 valence electrons. The Balaban J connectivity index is 1.68. The summed E-state index contributed by atoms with van der Waals surface area (Å²) in [4.78, 5) is 35.7. The number of hydrogen-bond donors (Lipinski definition) is 2. The summed E-state index contributed by atoms with van der Waals surface area (Å²) in [5.74, 6) is 0.144. The van der Waals surface area contributed by atoms with Crippen molar-refractivity contribution in [2.75, 3.05) is 16.0 Å². The fourth-order valence-electron chi connectivity index (χ4n) is 4.24. The van der Waals surface area contributed by atoms with Gasteiger partial charge in [0.1, 0.15) is 5.82 Å². The van der Waals surface area contributed by atoms with E-state index in [9.17, 15) is 9.59 Å². The van der Waals surface area contributed by atoms with Crippen LogP contribution in [0.5, 0.6) is 0 Å². The van der Waals surface area contributed by atoms with Gasteiger partial charge in [-0.1, -0.05) is 18.7 Å². The lowest BCUT2D eigenvalue weighted by atomic mass is 9.96. The molecule has 0 radical (unpaired) electrons. The second kappa shape index (κ2) is 8.44. The first-order valence-electron chi connectivity index (χ1n) is 10.9. The van der Waals surface area contributed by atoms with E-state index in [-0.39, 0.29) is 11.8 Å². The average Bonchev–Trinajstić information content (AvgIpc) is 2.85. The number of nitrogen functional groups attached to an aromatic ring is 1. The molecule has 7 heteroatoms. The number of hydrogen-bond acceptors (Lipinski definition) is 5. The Hall–Kier alpha value is -4.52. The predicted octanol–water partition coefficient (Wildman–Crippen LogP) is 4.92. The number of fused-ring (bicyclic) bond motifs is 3. The molecule has 0 saturated carbocycles. The average molecular weight is 450 g/mol. The number of nitrogens with zero attached hydrogens (tertiary/aromatic N) is 3. The maximum absolute atomic E-state index is 13.2. The number of aromatic nitrogens is 2. The highest BCUT2D eigenvalue weighted by Crippen LogP contribution is 2.41. The molecular formula is C27H23N5O2. The van der Waals surface area contributed by atoms with Crippen molar-refractivity contribution < 1.29 is 9.59 Å². The quantitative estimate of drug-likeness (QED) is 0.431. The number of aryl methyl sites for hydroxylation is 2. The second-order valence-corrected chi connectivity index (χ2v) is 8.26. The Morgan fingerprint density at radius 3 is 2.65 bits per heavy atom. The summed E-state index contributed by atoms with van der Waals surface area (Å²) in [7, 11) is 0. The van der Waals surface area contributed by atoms with E-state index < -0.39 is 0 Å². The van der Waals surface area contributed by atoms with E-state index >= 15 is 0 Å². The van der Waals surface area contributed by atoms with Crippen molar-refractivity contribution in [3.63, 3.8) is 0 Å². The van der Waals surface area contributed by atoms with Crippen LogP contribution in [0.25, 0.3) is 22.0 Å². The molecule has 7 nitrogen and oxygen atoms in total. The molecule has 2 aromatic carbocycles. The number of nitrogens with two attached hydrogens (primary N) is 1. The van der Waals surface area contributed by atoms with Crippen LogP contribution in [0, 0.1) is 6.92 Å². The van der Waals surface area contributed by atoms with E-state index in [0.29, 0.717) is 30.0 Å². The number of amides is 2. The molecule has 0 aliphatic carbocycles. The smallest absolute Gasteiger partial charge is 0.247 e. The Morgan fingerprint density at radius 1 is 1.06 bits per heavy atom. The van der Waals surface area contributed by atoms with Crippen LogP contribution in [0.1, 0.15) is 17.5 Å². The number of benzene rings is 2. The zero-order valence-electron chi connectivity index (χ0n) is 18.7. The van der Waals surface area contributed by atoms with Crippen LogP contribution in [0.3, 0.4) is 0 Å². The lowest BCUT2D eigenvalue weighted by Gasteiger charge is -2.31. The lowest BCUT2D eigenvalue weighted by molar-refractivity contribution is -0.118. The third-order valence-corrected chi connectivity index (χ3v) is 6.04. The SMILES string of the molecule is C=CC(=O)Nc1cc(N2C(=O)CCc3cnc4ccc(-c5ccc(N)nc5)cc4c32)ccc1C. The third kappa shape index (κ3) is 3.77. The summed E-state index contributed by atoms with van der Waals surface area (Å²) in [6.45, 7) is 5.42. The standard InChI is InChI=1S/C27H23N5O2/c1-3-25(33)31-23-13-20(8-4-16(23)2)32-26(34)11-7-19-15-29-22-9-5-17(12-21(22)27(19)32)18-6-10-24(28)30-14-18/h3-6,8-10,12-15H,1,7,11H2,2H3,(H2,28,30)(H,31,33). The van der Waals surface area contributed by atoms with Crippen molar-refractivity contribution in [1.29, 1.82) is 0 Å². The molecule has 3 heterocycles. The van der Waals surface area contributed by atoms with E-state index in [0.717, 1.165) is 38.8 Å². The van der Waals surface area contributed by atoms with Crippen molar-refractivity contribution in [2.24, 2.45) is 0 Å². The largest absolute Gasteiger partial charge is 0.384 e. The van der Waals surface area contributed by atoms with Gasteiger partial charge in [0.25, 0.3) is 0 Å². The normalized spacial score (nSPS) is 13.0. The van der Waals surface area contributed by atoms with E-state index in [1.165, 1.54) is 6.08 Å². The van der Waals surface area contributed by atoms with Gasteiger partial charge < -0.3 is 11.1 Å². The Bertz CT molecular complexity index is 1460. The first-order chi connectivity index (χ1) is 16.4. The van der Waals surface area contributed by atoms with Crippen LogP contribution in [-0.4, -0.2) is 21.8 Å². The fraction of sp³-hybridized carbons (Fsp3) is 0.111. The summed E-state index contributed by atoms with van der Waals surface area (Å²) in [5, 5.41) is 3.70. The maximum Gasteiger partial charge on any atom is 0.247 e. The maximum atomic E-state index is 13.2. The Labute approximate surface area is 196 Å². The molecule has 3 N–H and O–H groups in total. The first-order valence-corrected chi connectivity index (χ1v) is 10.9. The molecule has 0 fully saturated rings. The first kappa shape index (κ1) is 21.3. The van der Waals surface area contributed by atoms with Gasteiger partial charge >= 0.3 is 0 Å². The highest BCUT2D eigenvalue weighted by atomic mass is 16.2. The number of anilines is 4. The zero-order valence-corrected chi connectivity index (χ0v) is 18.7. The van der Waals surface area contributed by atoms with E-state index in [4.69, 9.17) is 5.73 Å². The number of carbonyl (C=O) groups excluding carboxylic acids is 2. The van der Waals surface area contributed by atoms with Gasteiger partial charge in [-0.2, -0.15) is 0 Å². The molecule has 4 aromatic rings. The monoisotopic (exact) mass is 449 g/mol. The summed E-state index contributed by atoms with van der Waals surface area (Å²) in [6.07, 6.45) is 5.80. The summed E-state index contributed by atoms with van der Waals surface area (Å²) in [5.41, 5.74) is 12.4. The molecule has 1 aliphatic heterocycles. The fourth-order valence-corrected chi connectivity index (χ4v) is 4.24. The molecule has 0 spiro atoms. The molecule has 0 saturated heterocycles. The molecule has 2 aromatic heterocycles. The van der Waals surface area contributed by atoms with Crippen molar-refractivity contribution in [2.45, 2.75) is 19.8 Å². The van der Waals surface area contributed by atoms with Gasteiger partial charge in [-0.25, -0.2) is 4.98 Å². The van der Waals surface area contributed by atoms with Crippen LogP contribution in [0.4, 0.5) is 22.9 Å². The summed E-state index contributed by atoms with van der Waals surface area (Å²) in [6, 6.07) is 15.3. The molecule has 0 atom stereocenters. The van der Waals surface area contributed by atoms with Crippen LogP contribution in [0.2, 0.25) is 0 Å². The number of nitrogens with one attached hydrogen (secondary N) is 1. The zero-order chi connectivity index (χ0) is 23.8. The van der Waals surface area contributed by atoms with Gasteiger partial charge in [-0.3, -0.25) is 19.5 Å². The van der Waals surface area contributed by atoms with Crippen LogP contribution < -0.4 is 16.0 Å². The Morgan fingerprint density at radius 2 is 1.88 bits per heavy atom. The molecular weight excluding hydrogens is 426 g/mol. The van der Waals surface area contributed by atoms with E-state index in [2.05, 4.69) is 21.9 Å². The van der Waals surface area contributed by atoms with E-state index in [1.54, 1.807) is 17.2 Å². The van der Waals surface area contributed by atoms with Crippen LogP contribution in [-0.2, 0) is 16.0 Å². The highest BCUT2D eigenvalue weighted by Gasteiger charge is 2.28. The van der Waals surface area contributed by atoms with Gasteiger partial charge in [0, 0.05) is 35.5 Å². The Kier molecular flexibility index (Phi) is 5.30. The topological polar surface area (TPSA) is 101 Å². The van der Waals surface area contributed by atoms with Gasteiger partial charge in [-0.15, -0.1) is 0 Å². The van der Waals surface area contributed by atoms with Crippen molar-refractivity contribution in [1.82, 2.24) is 9.97 Å². The predicted molar refractivity (Wildman–Crippen MR) is 135 cm³/mol. The molecule has 0 unspecified atom stereocenters. The molecule has 2 amide bonds. The summed E-state index contributed by atoms with van der Waals surface area (Å²) < 4.78 is 0. The second-order valence-electron chi connectivity index (χ2n) is 8.26. The summed E-state index contributed by atoms with van der Waals surface area (Å²) >= 11 is 0. The highest BCUT2D eigenvalue weighted by molar-refractivity contribution is 6.11. The van der Waals surface area contributed by atoms with Gasteiger partial charge in [0.05, 0.1) is 16.9 Å². The third-order valence-electron chi connectivity index (χ3n) is 6.04. The van der Waals surface area contributed by atoms with Crippen molar-refractivity contribution in [3.8, 4) is 11.1 Å². The minimum Gasteiger partial charge on any atom is -0.384 e. The number of rotatable bonds is 4. The van der Waals surface area contributed by atoms with Gasteiger partial charge in [0.2, 0.25) is 11.8 Å². The minimum atomic E-state index is -0.304. The van der Waals surface area contributed by atoms with Crippen molar-refractivity contribution >= 4 is 45.6 Å². The van der Waals surface area contributed by atoms with Crippen LogP contribution >= 0.6 is 0 Å². The van der Waals surface area contributed by atoms with Crippen LogP contribution in [0.15, 0.2) is 73.6 Å². The molecule has 34 heavy (non-hydrogen) atoms. The van der Waals surface area contributed by atoms with Gasteiger partial charge in [-0.05, 0) is 72.5 Å². The molecule has 1 aliphatic rings. The molecule has 5 rings (SSSR count). The minimum absolute atomic E-state index is 0.00981.